The summed E-state index contributed by atoms with van der Waals surface area (Å²) in [5.74, 6) is 0.522. The van der Waals surface area contributed by atoms with Gasteiger partial charge in [0.25, 0.3) is 0 Å². The molecule has 0 spiro atoms. The average Bonchev–Trinajstić information content (AvgIpc) is 3.14. The van der Waals surface area contributed by atoms with E-state index in [4.69, 9.17) is 22.4 Å². The first-order valence-electron chi connectivity index (χ1n) is 25.8. The Morgan fingerprint density at radius 2 is 1.09 bits per heavy atom. The van der Waals surface area contributed by atoms with Gasteiger partial charge in [-0.15, -0.1) is 0 Å². The van der Waals surface area contributed by atoms with Crippen molar-refractivity contribution in [1.82, 2.24) is 0 Å². The molecule has 11 atom stereocenters. The summed E-state index contributed by atoms with van der Waals surface area (Å²) in [6, 6.07) is 0. The molecule has 0 aromatic heterocycles. The first kappa shape index (κ1) is 62.9. The molecule has 0 aromatic rings. The zero-order chi connectivity index (χ0) is 51.7. The molecule has 1 rings (SSSR count). The number of rotatable bonds is 11. The van der Waals surface area contributed by atoms with E-state index in [1.807, 2.05) is 18.2 Å². The highest BCUT2D eigenvalue weighted by Gasteiger charge is 2.45. The second kappa shape index (κ2) is 24.8. The van der Waals surface area contributed by atoms with Gasteiger partial charge in [-0.25, -0.2) is 4.79 Å². The second-order valence-electron chi connectivity index (χ2n) is 26.8. The fourth-order valence-corrected chi connectivity index (χ4v) is 13.4. The molecule has 1 unspecified atom stereocenters. The predicted octanol–water partition coefficient (Wildman–Crippen LogP) is 17.3. The molecule has 0 radical (unpaired) electrons. The Morgan fingerprint density at radius 1 is 0.621 bits per heavy atom. The summed E-state index contributed by atoms with van der Waals surface area (Å²) in [4.78, 5) is 13.9. The smallest absolute Gasteiger partial charge is 0.331 e. The van der Waals surface area contributed by atoms with Crippen LogP contribution in [0.15, 0.2) is 61.3 Å². The van der Waals surface area contributed by atoms with Gasteiger partial charge in [0.05, 0.1) is 24.4 Å². The Bertz CT molecular complexity index is 1620. The SMILES string of the molecule is C=C/C=C\[C@H](C)[C@@H]1OC(=O)/C=C\C=C\[C@@H](C)[C@@H](O[Si](C)(C)C(C)(C)C)C[C@H](O[Si](C)(C)C(C)(C)C)C=C[C@H](C)[C@H](O[Si](C)(C)C(C)(C)C)[C@@H](C)C[C@@H](C)CCC(O[Si](C)(C)C(C)(C)C)[C@@H]1C. The molecular weight excluding hydrogens is 881 g/mol. The summed E-state index contributed by atoms with van der Waals surface area (Å²) < 4.78 is 36.1. The largest absolute Gasteiger partial charge is 0.458 e. The van der Waals surface area contributed by atoms with E-state index in [1.165, 1.54) is 0 Å². The number of hydrogen-bond acceptors (Lipinski definition) is 6. The molecule has 0 saturated carbocycles. The number of ether oxygens (including phenoxy) is 1. The first-order valence-corrected chi connectivity index (χ1v) is 37.5. The maximum atomic E-state index is 13.9. The number of esters is 1. The lowest BCUT2D eigenvalue weighted by Gasteiger charge is -2.44. The van der Waals surface area contributed by atoms with Gasteiger partial charge in [0.15, 0.2) is 33.3 Å². The monoisotopic (exact) mass is 989 g/mol. The molecule has 1 aliphatic rings. The van der Waals surface area contributed by atoms with Crippen LogP contribution in [-0.4, -0.2) is 69.8 Å². The molecular formula is C56H108O6Si4. The van der Waals surface area contributed by atoms with Crippen LogP contribution in [0.2, 0.25) is 72.5 Å². The number of hydrogen-bond donors (Lipinski definition) is 0. The quantitative estimate of drug-likeness (QED) is 0.0890. The van der Waals surface area contributed by atoms with Gasteiger partial charge < -0.3 is 22.4 Å². The minimum absolute atomic E-state index is 0.0296. The summed E-state index contributed by atoms with van der Waals surface area (Å²) in [6.45, 7) is 64.5. The van der Waals surface area contributed by atoms with Crippen molar-refractivity contribution in [3.63, 3.8) is 0 Å². The Morgan fingerprint density at radius 3 is 1.58 bits per heavy atom. The fraction of sp³-hybridized carbons (Fsp3) is 0.804. The normalized spacial score (nSPS) is 30.2. The Kier molecular flexibility index (Phi) is 23.6. The molecule has 66 heavy (non-hydrogen) atoms. The minimum atomic E-state index is -2.21. The summed E-state index contributed by atoms with van der Waals surface area (Å²) in [5, 5.41) is 0.176. The highest BCUT2D eigenvalue weighted by Crippen LogP contribution is 2.44. The van der Waals surface area contributed by atoms with Gasteiger partial charge in [0.1, 0.15) is 6.10 Å². The Labute approximate surface area is 414 Å². The van der Waals surface area contributed by atoms with Crippen LogP contribution in [0.1, 0.15) is 150 Å². The molecule has 384 valence electrons. The molecule has 6 nitrogen and oxygen atoms in total. The lowest BCUT2D eigenvalue weighted by Crippen LogP contribution is -2.48. The van der Waals surface area contributed by atoms with Crippen molar-refractivity contribution in [2.24, 2.45) is 35.5 Å². The highest BCUT2D eigenvalue weighted by molar-refractivity contribution is 6.75. The molecule has 1 aliphatic heterocycles. The lowest BCUT2D eigenvalue weighted by atomic mass is 9.82. The van der Waals surface area contributed by atoms with E-state index in [-0.39, 0.29) is 74.2 Å². The van der Waals surface area contributed by atoms with Crippen molar-refractivity contribution in [3.8, 4) is 0 Å². The molecule has 0 bridgehead atoms. The average molecular weight is 990 g/mol. The number of carbonyl (C=O) groups excluding carboxylic acids is 1. The summed E-state index contributed by atoms with van der Waals surface area (Å²) >= 11 is 0. The van der Waals surface area contributed by atoms with Gasteiger partial charge in [-0.05, 0) is 115 Å². The zero-order valence-corrected chi connectivity index (χ0v) is 52.0. The number of cyclic esters (lactones) is 1. The van der Waals surface area contributed by atoms with E-state index in [9.17, 15) is 4.79 Å². The Balaban J connectivity index is 4.21. The molecule has 0 aliphatic carbocycles. The van der Waals surface area contributed by atoms with Crippen molar-refractivity contribution < 1.29 is 27.2 Å². The molecule has 0 N–H and O–H groups in total. The Hall–Kier alpha value is -1.12. The van der Waals surface area contributed by atoms with Crippen molar-refractivity contribution in [1.29, 1.82) is 0 Å². The highest BCUT2D eigenvalue weighted by atomic mass is 28.4. The standard InChI is InChI=1S/C56H108O6Si4/c1-28-29-32-43(4)52-46(7)48(60-64(22,23)54(11,12)13)38-35-41(2)39-45(6)51(62-66(26,27)56(17,18)19)44(5)36-37-47(59-63(20,21)53(8,9)10)40-49(61-65(24,25)55(14,15)16)42(3)33-30-31-34-50(57)58-52/h28-34,36-37,41-49,51-52H,1,35,38-40H2,2-27H3/b32-29-,33-30+,34-31-,37-36?/t41-,42+,43-,44-,45-,46-,47+,48?,49-,51-,52-/m0/s1. The van der Waals surface area contributed by atoms with Crippen LogP contribution < -0.4 is 0 Å². The van der Waals surface area contributed by atoms with Crippen LogP contribution >= 0.6 is 0 Å². The third-order valence-electron chi connectivity index (χ3n) is 16.7. The number of carbonyl (C=O) groups is 1. The van der Waals surface area contributed by atoms with Crippen LogP contribution in [0.5, 0.6) is 0 Å². The van der Waals surface area contributed by atoms with Gasteiger partial charge in [-0.1, -0.05) is 180 Å². The van der Waals surface area contributed by atoms with Gasteiger partial charge in [-0.3, -0.25) is 0 Å². The van der Waals surface area contributed by atoms with Crippen molar-refractivity contribution in [2.75, 3.05) is 0 Å². The van der Waals surface area contributed by atoms with E-state index in [1.54, 1.807) is 12.2 Å². The summed E-state index contributed by atoms with van der Waals surface area (Å²) in [5.41, 5.74) is 0. The molecule has 0 fully saturated rings. The van der Waals surface area contributed by atoms with Gasteiger partial charge in [0, 0.05) is 24.3 Å². The molecule has 0 amide bonds. The van der Waals surface area contributed by atoms with Crippen LogP contribution in [0, 0.1) is 35.5 Å². The van der Waals surface area contributed by atoms with Crippen molar-refractivity contribution >= 4 is 39.2 Å². The molecule has 0 saturated heterocycles. The van der Waals surface area contributed by atoms with Crippen molar-refractivity contribution in [3.05, 3.63) is 61.3 Å². The van der Waals surface area contributed by atoms with Gasteiger partial charge in [-0.2, -0.15) is 0 Å². The minimum Gasteiger partial charge on any atom is -0.458 e. The summed E-state index contributed by atoms with van der Waals surface area (Å²) in [6.07, 6.45) is 21.2. The first-order chi connectivity index (χ1) is 29.6. The van der Waals surface area contributed by atoms with Crippen LogP contribution in [0.3, 0.4) is 0 Å². The van der Waals surface area contributed by atoms with E-state index >= 15 is 0 Å². The third-order valence-corrected chi connectivity index (χ3v) is 34.6. The zero-order valence-electron chi connectivity index (χ0n) is 48.0. The molecule has 10 heteroatoms. The molecule has 1 heterocycles. The van der Waals surface area contributed by atoms with Crippen molar-refractivity contribution in [2.45, 2.75) is 253 Å². The fourth-order valence-electron chi connectivity index (χ4n) is 7.80. The van der Waals surface area contributed by atoms with Crippen LogP contribution in [0.4, 0.5) is 0 Å². The number of allylic oxidation sites excluding steroid dienone is 4. The molecule has 0 aromatic carbocycles. The van der Waals surface area contributed by atoms with Crippen LogP contribution in [0.25, 0.3) is 0 Å². The van der Waals surface area contributed by atoms with E-state index in [2.05, 4.69) is 208 Å². The summed E-state index contributed by atoms with van der Waals surface area (Å²) in [7, 11) is -8.76. The van der Waals surface area contributed by atoms with Crippen LogP contribution in [-0.2, 0) is 27.2 Å². The maximum Gasteiger partial charge on any atom is 0.331 e. The van der Waals surface area contributed by atoms with E-state index in [0.717, 1.165) is 25.7 Å². The van der Waals surface area contributed by atoms with E-state index < -0.39 is 39.4 Å². The van der Waals surface area contributed by atoms with E-state index in [0.29, 0.717) is 11.8 Å². The lowest BCUT2D eigenvalue weighted by molar-refractivity contribution is -0.150. The third kappa shape index (κ3) is 19.2. The maximum absolute atomic E-state index is 13.9. The topological polar surface area (TPSA) is 63.2 Å². The predicted molar refractivity (Wildman–Crippen MR) is 298 cm³/mol. The second-order valence-corrected chi connectivity index (χ2v) is 45.8. The van der Waals surface area contributed by atoms with Gasteiger partial charge >= 0.3 is 5.97 Å². The van der Waals surface area contributed by atoms with Gasteiger partial charge in [0.2, 0.25) is 0 Å².